The van der Waals surface area contributed by atoms with E-state index in [9.17, 15) is 9.59 Å². The van der Waals surface area contributed by atoms with Crippen LogP contribution in [0.2, 0.25) is 0 Å². The van der Waals surface area contributed by atoms with Crippen LogP contribution in [0, 0.1) is 0 Å². The van der Waals surface area contributed by atoms with Gasteiger partial charge in [0.05, 0.1) is 21.3 Å². The van der Waals surface area contributed by atoms with Crippen molar-refractivity contribution in [2.45, 2.75) is 13.0 Å². The highest BCUT2D eigenvalue weighted by molar-refractivity contribution is 5.89. The van der Waals surface area contributed by atoms with Crippen molar-refractivity contribution in [3.05, 3.63) is 59.2 Å². The first-order valence-electron chi connectivity index (χ1n) is 9.54. The van der Waals surface area contributed by atoms with Crippen LogP contribution < -0.4 is 14.2 Å². The summed E-state index contributed by atoms with van der Waals surface area (Å²) in [6.07, 6.45) is 3.63. The van der Waals surface area contributed by atoms with E-state index >= 15 is 0 Å². The smallest absolute Gasteiger partial charge is 0.331 e. The Morgan fingerprint density at radius 1 is 0.967 bits per heavy atom. The van der Waals surface area contributed by atoms with Crippen LogP contribution in [-0.4, -0.2) is 51.3 Å². The van der Waals surface area contributed by atoms with E-state index in [1.807, 2.05) is 24.3 Å². The molecule has 0 radical (unpaired) electrons. The molecule has 0 aliphatic carbocycles. The summed E-state index contributed by atoms with van der Waals surface area (Å²) in [5.74, 6) is 1.23. The lowest BCUT2D eigenvalue weighted by Crippen LogP contribution is -2.38. The average molecular weight is 411 g/mol. The fraction of sp³-hybridized carbons (Fsp3) is 0.304. The van der Waals surface area contributed by atoms with Crippen LogP contribution in [0.5, 0.6) is 17.2 Å². The monoisotopic (exact) mass is 411 g/mol. The SMILES string of the molecule is COc1ccc(/C=C/C(=O)OCC(=O)N2CCc3cc(OC)c(OC)cc3C2)cc1. The van der Waals surface area contributed by atoms with Gasteiger partial charge in [-0.15, -0.1) is 0 Å². The zero-order chi connectivity index (χ0) is 21.5. The number of methoxy groups -OCH3 is 3. The minimum atomic E-state index is -0.567. The Morgan fingerprint density at radius 2 is 1.63 bits per heavy atom. The molecule has 0 N–H and O–H groups in total. The first-order valence-corrected chi connectivity index (χ1v) is 9.54. The van der Waals surface area contributed by atoms with Gasteiger partial charge in [0.15, 0.2) is 18.1 Å². The maximum atomic E-state index is 12.5. The van der Waals surface area contributed by atoms with E-state index in [4.69, 9.17) is 18.9 Å². The van der Waals surface area contributed by atoms with E-state index in [-0.39, 0.29) is 12.5 Å². The van der Waals surface area contributed by atoms with Crippen molar-refractivity contribution >= 4 is 18.0 Å². The quantitative estimate of drug-likeness (QED) is 0.515. The van der Waals surface area contributed by atoms with Gasteiger partial charge in [-0.1, -0.05) is 12.1 Å². The van der Waals surface area contributed by atoms with E-state index < -0.39 is 5.97 Å². The fourth-order valence-corrected chi connectivity index (χ4v) is 3.25. The molecule has 0 fully saturated rings. The highest BCUT2D eigenvalue weighted by Gasteiger charge is 2.23. The molecule has 2 aromatic rings. The molecule has 1 heterocycles. The topological polar surface area (TPSA) is 74.3 Å². The molecule has 0 bridgehead atoms. The molecule has 1 amide bonds. The lowest BCUT2D eigenvalue weighted by Gasteiger charge is -2.29. The Kier molecular flexibility index (Phi) is 6.95. The summed E-state index contributed by atoms with van der Waals surface area (Å²) in [5.41, 5.74) is 2.95. The molecule has 7 heteroatoms. The number of hydrogen-bond acceptors (Lipinski definition) is 6. The minimum Gasteiger partial charge on any atom is -0.497 e. The predicted molar refractivity (Wildman–Crippen MR) is 112 cm³/mol. The van der Waals surface area contributed by atoms with Crippen molar-refractivity contribution in [2.75, 3.05) is 34.5 Å². The second-order valence-corrected chi connectivity index (χ2v) is 6.76. The summed E-state index contributed by atoms with van der Waals surface area (Å²) in [5, 5.41) is 0. The Bertz CT molecular complexity index is 935. The second-order valence-electron chi connectivity index (χ2n) is 6.76. The maximum Gasteiger partial charge on any atom is 0.331 e. The van der Waals surface area contributed by atoms with Gasteiger partial charge in [-0.3, -0.25) is 4.79 Å². The van der Waals surface area contributed by atoms with Gasteiger partial charge in [0.1, 0.15) is 5.75 Å². The lowest BCUT2D eigenvalue weighted by atomic mass is 9.99. The van der Waals surface area contributed by atoms with E-state index in [1.54, 1.807) is 44.4 Å². The number of amides is 1. The standard InChI is InChI=1S/C23H25NO6/c1-27-19-7-4-16(5-8-19)6-9-23(26)30-15-22(25)24-11-10-17-12-20(28-2)21(29-3)13-18(17)14-24/h4-9,12-13H,10-11,14-15H2,1-3H3/b9-6+. The van der Waals surface area contributed by atoms with Gasteiger partial charge in [-0.05, 0) is 53.5 Å². The molecule has 3 rings (SSSR count). The summed E-state index contributed by atoms with van der Waals surface area (Å²) in [6.45, 7) is 0.697. The second kappa shape index (κ2) is 9.82. The number of ether oxygens (including phenoxy) is 4. The van der Waals surface area contributed by atoms with E-state index in [2.05, 4.69) is 0 Å². The summed E-state index contributed by atoms with van der Waals surface area (Å²) in [7, 11) is 4.77. The molecule has 0 atom stereocenters. The zero-order valence-corrected chi connectivity index (χ0v) is 17.3. The number of fused-ring (bicyclic) bond motifs is 1. The summed E-state index contributed by atoms with van der Waals surface area (Å²) < 4.78 is 20.9. The van der Waals surface area contributed by atoms with Crippen molar-refractivity contribution in [1.82, 2.24) is 4.90 Å². The summed E-state index contributed by atoms with van der Waals surface area (Å²) >= 11 is 0. The number of carbonyl (C=O) groups excluding carboxylic acids is 2. The van der Waals surface area contributed by atoms with E-state index in [0.717, 1.165) is 22.4 Å². The van der Waals surface area contributed by atoms with Crippen LogP contribution in [0.1, 0.15) is 16.7 Å². The fourth-order valence-electron chi connectivity index (χ4n) is 3.25. The third-order valence-electron chi connectivity index (χ3n) is 4.94. The average Bonchev–Trinajstić information content (AvgIpc) is 2.80. The molecular weight excluding hydrogens is 386 g/mol. The highest BCUT2D eigenvalue weighted by Crippen LogP contribution is 2.33. The Labute approximate surface area is 175 Å². The number of carbonyl (C=O) groups is 2. The molecule has 30 heavy (non-hydrogen) atoms. The summed E-state index contributed by atoms with van der Waals surface area (Å²) in [4.78, 5) is 26.1. The van der Waals surface area contributed by atoms with Gasteiger partial charge in [-0.2, -0.15) is 0 Å². The van der Waals surface area contributed by atoms with Gasteiger partial charge in [0, 0.05) is 19.2 Å². The number of hydrogen-bond donors (Lipinski definition) is 0. The van der Waals surface area contributed by atoms with E-state index in [0.29, 0.717) is 31.0 Å². The van der Waals surface area contributed by atoms with Crippen LogP contribution in [-0.2, 0) is 27.3 Å². The van der Waals surface area contributed by atoms with Crippen LogP contribution in [0.15, 0.2) is 42.5 Å². The molecular formula is C23H25NO6. The highest BCUT2D eigenvalue weighted by atomic mass is 16.5. The Hall–Kier alpha value is -3.48. The molecule has 1 aliphatic rings. The molecule has 7 nitrogen and oxygen atoms in total. The van der Waals surface area contributed by atoms with Gasteiger partial charge >= 0.3 is 5.97 Å². The minimum absolute atomic E-state index is 0.235. The first-order chi connectivity index (χ1) is 14.5. The third-order valence-corrected chi connectivity index (χ3v) is 4.94. The van der Waals surface area contributed by atoms with Crippen molar-refractivity contribution in [3.8, 4) is 17.2 Å². The molecule has 1 aliphatic heterocycles. The normalized spacial score (nSPS) is 13.0. The zero-order valence-electron chi connectivity index (χ0n) is 17.3. The van der Waals surface area contributed by atoms with Gasteiger partial charge in [0.25, 0.3) is 5.91 Å². The Balaban J connectivity index is 1.54. The number of benzene rings is 2. The Morgan fingerprint density at radius 3 is 2.27 bits per heavy atom. The molecule has 0 saturated carbocycles. The third kappa shape index (κ3) is 5.11. The van der Waals surface area contributed by atoms with Gasteiger partial charge < -0.3 is 23.8 Å². The lowest BCUT2D eigenvalue weighted by molar-refractivity contribution is -0.148. The number of esters is 1. The largest absolute Gasteiger partial charge is 0.497 e. The molecule has 0 saturated heterocycles. The van der Waals surface area contributed by atoms with Crippen LogP contribution in [0.4, 0.5) is 0 Å². The molecule has 2 aromatic carbocycles. The number of rotatable bonds is 7. The van der Waals surface area contributed by atoms with Crippen molar-refractivity contribution in [3.63, 3.8) is 0 Å². The maximum absolute atomic E-state index is 12.5. The van der Waals surface area contributed by atoms with Crippen molar-refractivity contribution in [2.24, 2.45) is 0 Å². The van der Waals surface area contributed by atoms with Crippen LogP contribution in [0.25, 0.3) is 6.08 Å². The predicted octanol–water partition coefficient (Wildman–Crippen LogP) is 2.85. The first kappa shape index (κ1) is 21.2. The summed E-state index contributed by atoms with van der Waals surface area (Å²) in [6, 6.07) is 11.1. The van der Waals surface area contributed by atoms with Crippen LogP contribution >= 0.6 is 0 Å². The van der Waals surface area contributed by atoms with Crippen LogP contribution in [0.3, 0.4) is 0 Å². The van der Waals surface area contributed by atoms with Crippen molar-refractivity contribution in [1.29, 1.82) is 0 Å². The van der Waals surface area contributed by atoms with Crippen molar-refractivity contribution < 1.29 is 28.5 Å². The number of nitrogens with zero attached hydrogens (tertiary/aromatic N) is 1. The molecule has 0 unspecified atom stereocenters. The molecule has 0 aromatic heterocycles. The molecule has 0 spiro atoms. The van der Waals surface area contributed by atoms with E-state index in [1.165, 1.54) is 6.08 Å². The van der Waals surface area contributed by atoms with Gasteiger partial charge in [-0.25, -0.2) is 4.79 Å². The molecule has 158 valence electrons. The van der Waals surface area contributed by atoms with Gasteiger partial charge in [0.2, 0.25) is 0 Å².